The highest BCUT2D eigenvalue weighted by molar-refractivity contribution is 6.29. The third-order valence-corrected chi connectivity index (χ3v) is 3.19. The van der Waals surface area contributed by atoms with Gasteiger partial charge in [-0.1, -0.05) is 11.6 Å². The van der Waals surface area contributed by atoms with Gasteiger partial charge in [0.25, 0.3) is 0 Å². The highest BCUT2D eigenvalue weighted by Crippen LogP contribution is 2.25. The number of aromatic nitrogens is 1. The monoisotopic (exact) mass is 322 g/mol. The van der Waals surface area contributed by atoms with Crippen LogP contribution >= 0.6 is 11.6 Å². The molecule has 2 N–H and O–H groups in total. The summed E-state index contributed by atoms with van der Waals surface area (Å²) in [5.41, 5.74) is 0.950. The fourth-order valence-electron chi connectivity index (χ4n) is 1.89. The topological polar surface area (TPSA) is 80.7 Å². The van der Waals surface area contributed by atoms with E-state index in [0.717, 1.165) is 5.56 Å². The number of rotatable bonds is 6. The number of carboxylic acids is 1. The molecule has 0 saturated carbocycles. The molecule has 1 heterocycles. The maximum atomic E-state index is 11.0. The van der Waals surface area contributed by atoms with Crippen molar-refractivity contribution in [2.45, 2.75) is 6.54 Å². The number of anilines is 1. The van der Waals surface area contributed by atoms with Crippen LogP contribution in [0.15, 0.2) is 30.3 Å². The smallest absolute Gasteiger partial charge is 0.335 e. The van der Waals surface area contributed by atoms with Gasteiger partial charge in [0.1, 0.15) is 22.5 Å². The van der Waals surface area contributed by atoms with E-state index in [2.05, 4.69) is 10.3 Å². The Morgan fingerprint density at radius 3 is 2.68 bits per heavy atom. The van der Waals surface area contributed by atoms with Crippen molar-refractivity contribution in [1.29, 1.82) is 0 Å². The number of ether oxygens (including phenoxy) is 2. The van der Waals surface area contributed by atoms with E-state index in [0.29, 0.717) is 23.9 Å². The summed E-state index contributed by atoms with van der Waals surface area (Å²) in [4.78, 5) is 15.0. The Balaban J connectivity index is 2.18. The normalized spacial score (nSPS) is 10.1. The molecule has 0 amide bonds. The number of carbonyl (C=O) groups is 1. The Labute approximate surface area is 132 Å². The molecule has 7 heteroatoms. The Bertz CT molecular complexity index is 691. The Morgan fingerprint density at radius 2 is 2.05 bits per heavy atom. The van der Waals surface area contributed by atoms with Crippen molar-refractivity contribution >= 4 is 23.4 Å². The molecule has 0 bridgehead atoms. The quantitative estimate of drug-likeness (QED) is 0.796. The highest BCUT2D eigenvalue weighted by atomic mass is 35.5. The van der Waals surface area contributed by atoms with E-state index >= 15 is 0 Å². The summed E-state index contributed by atoms with van der Waals surface area (Å²) < 4.78 is 10.4. The van der Waals surface area contributed by atoms with Gasteiger partial charge in [-0.15, -0.1) is 0 Å². The first-order valence-corrected chi connectivity index (χ1v) is 6.77. The minimum atomic E-state index is -1.06. The molecule has 0 fully saturated rings. The second-order valence-electron chi connectivity index (χ2n) is 4.40. The summed E-state index contributed by atoms with van der Waals surface area (Å²) in [5.74, 6) is 0.666. The van der Waals surface area contributed by atoms with E-state index in [1.165, 1.54) is 12.1 Å². The van der Waals surface area contributed by atoms with Gasteiger partial charge >= 0.3 is 5.97 Å². The van der Waals surface area contributed by atoms with Gasteiger partial charge in [-0.3, -0.25) is 0 Å². The van der Waals surface area contributed by atoms with Crippen molar-refractivity contribution in [3.8, 4) is 11.5 Å². The lowest BCUT2D eigenvalue weighted by Gasteiger charge is -2.12. The van der Waals surface area contributed by atoms with Crippen LogP contribution in [-0.2, 0) is 6.54 Å². The van der Waals surface area contributed by atoms with Crippen molar-refractivity contribution in [3.63, 3.8) is 0 Å². The van der Waals surface area contributed by atoms with Crippen LogP contribution in [0.2, 0.25) is 5.15 Å². The van der Waals surface area contributed by atoms with Gasteiger partial charge < -0.3 is 19.9 Å². The molecule has 1 aromatic carbocycles. The number of nitrogens with zero attached hydrogens (tertiary/aromatic N) is 1. The first kappa shape index (κ1) is 15.9. The molecular formula is C15H15ClN2O4. The summed E-state index contributed by atoms with van der Waals surface area (Å²) in [6.07, 6.45) is 0. The van der Waals surface area contributed by atoms with Gasteiger partial charge in [0.15, 0.2) is 0 Å². The fraction of sp³-hybridized carbons (Fsp3) is 0.200. The molecule has 0 spiro atoms. The minimum Gasteiger partial charge on any atom is -0.497 e. The molecule has 0 unspecified atom stereocenters. The highest BCUT2D eigenvalue weighted by Gasteiger charge is 2.09. The molecule has 6 nitrogen and oxygen atoms in total. The average Bonchev–Trinajstić information content (AvgIpc) is 2.52. The van der Waals surface area contributed by atoms with Crippen LogP contribution < -0.4 is 14.8 Å². The Kier molecular flexibility index (Phi) is 5.06. The second kappa shape index (κ2) is 7.00. The van der Waals surface area contributed by atoms with Gasteiger partial charge in [0.05, 0.1) is 19.8 Å². The maximum Gasteiger partial charge on any atom is 0.335 e. The molecule has 0 aliphatic carbocycles. The van der Waals surface area contributed by atoms with E-state index in [9.17, 15) is 4.79 Å². The summed E-state index contributed by atoms with van der Waals surface area (Å²) in [7, 11) is 3.15. The zero-order valence-electron chi connectivity index (χ0n) is 12.1. The predicted molar refractivity (Wildman–Crippen MR) is 83.1 cm³/mol. The summed E-state index contributed by atoms with van der Waals surface area (Å²) in [5, 5.41) is 12.2. The van der Waals surface area contributed by atoms with Crippen molar-refractivity contribution in [2.75, 3.05) is 19.5 Å². The number of pyridine rings is 1. The molecule has 2 rings (SSSR count). The van der Waals surface area contributed by atoms with Crippen molar-refractivity contribution in [3.05, 3.63) is 46.6 Å². The van der Waals surface area contributed by atoms with Gasteiger partial charge in [-0.05, 0) is 24.3 Å². The average molecular weight is 323 g/mol. The molecule has 2 aromatic rings. The first-order chi connectivity index (χ1) is 10.5. The fourth-order valence-corrected chi connectivity index (χ4v) is 2.10. The standard InChI is InChI=1S/C15H15ClN2O4/c1-21-11-4-3-9(12(7-11)22-2)8-17-14-6-10(15(19)20)5-13(16)18-14/h3-7H,8H2,1-2H3,(H,17,18)(H,19,20). The van der Waals surface area contributed by atoms with Crippen molar-refractivity contribution in [2.24, 2.45) is 0 Å². The Morgan fingerprint density at radius 1 is 1.27 bits per heavy atom. The first-order valence-electron chi connectivity index (χ1n) is 6.39. The number of halogens is 1. The lowest BCUT2D eigenvalue weighted by atomic mass is 10.2. The van der Waals surface area contributed by atoms with Crippen LogP contribution in [0, 0.1) is 0 Å². The van der Waals surface area contributed by atoms with Crippen LogP contribution in [0.4, 0.5) is 5.82 Å². The van der Waals surface area contributed by atoms with Crippen molar-refractivity contribution in [1.82, 2.24) is 4.98 Å². The van der Waals surface area contributed by atoms with Crippen LogP contribution in [0.1, 0.15) is 15.9 Å². The van der Waals surface area contributed by atoms with Gasteiger partial charge in [-0.2, -0.15) is 0 Å². The van der Waals surface area contributed by atoms with E-state index in [1.54, 1.807) is 20.3 Å². The van der Waals surface area contributed by atoms with E-state index in [-0.39, 0.29) is 10.7 Å². The van der Waals surface area contributed by atoms with Crippen LogP contribution in [0.3, 0.4) is 0 Å². The Hall–Kier alpha value is -2.47. The van der Waals surface area contributed by atoms with Crippen LogP contribution in [0.5, 0.6) is 11.5 Å². The molecule has 0 radical (unpaired) electrons. The molecule has 0 atom stereocenters. The summed E-state index contributed by atoms with van der Waals surface area (Å²) in [6.45, 7) is 0.402. The molecule has 116 valence electrons. The van der Waals surface area contributed by atoms with Crippen LogP contribution in [0.25, 0.3) is 0 Å². The second-order valence-corrected chi connectivity index (χ2v) is 4.79. The lowest BCUT2D eigenvalue weighted by molar-refractivity contribution is 0.0697. The predicted octanol–water partition coefficient (Wildman–Crippen LogP) is 3.06. The number of methoxy groups -OCH3 is 2. The summed E-state index contributed by atoms with van der Waals surface area (Å²) >= 11 is 5.82. The molecule has 0 aliphatic rings. The van der Waals surface area contributed by atoms with E-state index < -0.39 is 5.97 Å². The summed E-state index contributed by atoms with van der Waals surface area (Å²) in [6, 6.07) is 8.15. The van der Waals surface area contributed by atoms with Crippen LogP contribution in [-0.4, -0.2) is 30.3 Å². The maximum absolute atomic E-state index is 11.0. The van der Waals surface area contributed by atoms with E-state index in [4.69, 9.17) is 26.2 Å². The number of nitrogens with one attached hydrogen (secondary N) is 1. The SMILES string of the molecule is COc1ccc(CNc2cc(C(=O)O)cc(Cl)n2)c(OC)c1. The van der Waals surface area contributed by atoms with Gasteiger partial charge in [0, 0.05) is 18.2 Å². The number of aromatic carboxylic acids is 1. The van der Waals surface area contributed by atoms with Crippen molar-refractivity contribution < 1.29 is 19.4 Å². The third-order valence-electron chi connectivity index (χ3n) is 3.00. The zero-order chi connectivity index (χ0) is 16.1. The minimum absolute atomic E-state index is 0.0733. The third kappa shape index (κ3) is 3.79. The molecular weight excluding hydrogens is 308 g/mol. The number of hydrogen-bond donors (Lipinski definition) is 2. The number of carboxylic acid groups (broad SMARTS) is 1. The number of hydrogen-bond acceptors (Lipinski definition) is 5. The molecule has 0 aliphatic heterocycles. The number of benzene rings is 1. The molecule has 22 heavy (non-hydrogen) atoms. The van der Waals surface area contributed by atoms with Gasteiger partial charge in [0.2, 0.25) is 0 Å². The zero-order valence-corrected chi connectivity index (χ0v) is 12.8. The molecule has 1 aromatic heterocycles. The molecule has 0 saturated heterocycles. The lowest BCUT2D eigenvalue weighted by Crippen LogP contribution is -2.05. The van der Waals surface area contributed by atoms with Gasteiger partial charge in [-0.25, -0.2) is 9.78 Å². The largest absolute Gasteiger partial charge is 0.497 e. The van der Waals surface area contributed by atoms with E-state index in [1.807, 2.05) is 12.1 Å².